The SMILES string of the molecule is CNCC1CCCN(S(=O)(=O)N(C)Cc2ccco2)C1. The number of nitrogens with zero attached hydrogens (tertiary/aromatic N) is 2. The number of nitrogens with one attached hydrogen (secondary N) is 1. The van der Waals surface area contributed by atoms with Gasteiger partial charge in [0.2, 0.25) is 0 Å². The predicted octanol–water partition coefficient (Wildman–Crippen LogP) is 0.888. The highest BCUT2D eigenvalue weighted by molar-refractivity contribution is 7.86. The van der Waals surface area contributed by atoms with E-state index in [2.05, 4.69) is 5.32 Å². The Bertz CT molecular complexity index is 499. The largest absolute Gasteiger partial charge is 0.468 e. The van der Waals surface area contributed by atoms with E-state index in [1.807, 2.05) is 7.05 Å². The third-order valence-electron chi connectivity index (χ3n) is 3.65. The van der Waals surface area contributed by atoms with E-state index in [1.54, 1.807) is 29.7 Å². The monoisotopic (exact) mass is 301 g/mol. The van der Waals surface area contributed by atoms with Gasteiger partial charge in [-0.05, 0) is 44.5 Å². The minimum atomic E-state index is -3.41. The summed E-state index contributed by atoms with van der Waals surface area (Å²) >= 11 is 0. The Morgan fingerprint density at radius 3 is 3.00 bits per heavy atom. The van der Waals surface area contributed by atoms with E-state index in [0.717, 1.165) is 19.4 Å². The van der Waals surface area contributed by atoms with Gasteiger partial charge >= 0.3 is 0 Å². The van der Waals surface area contributed by atoms with Crippen molar-refractivity contribution < 1.29 is 12.8 Å². The zero-order chi connectivity index (χ0) is 14.6. The molecule has 1 aliphatic heterocycles. The molecule has 0 aromatic carbocycles. The van der Waals surface area contributed by atoms with Crippen molar-refractivity contribution in [2.24, 2.45) is 5.92 Å². The Morgan fingerprint density at radius 2 is 2.35 bits per heavy atom. The van der Waals surface area contributed by atoms with E-state index in [9.17, 15) is 8.42 Å². The summed E-state index contributed by atoms with van der Waals surface area (Å²) in [6.07, 6.45) is 3.55. The Labute approximate surface area is 120 Å². The lowest BCUT2D eigenvalue weighted by Crippen LogP contribution is -2.47. The van der Waals surface area contributed by atoms with Crippen molar-refractivity contribution in [3.05, 3.63) is 24.2 Å². The van der Waals surface area contributed by atoms with Crippen LogP contribution in [0.4, 0.5) is 0 Å². The van der Waals surface area contributed by atoms with Crippen molar-refractivity contribution in [1.82, 2.24) is 13.9 Å². The van der Waals surface area contributed by atoms with Gasteiger partial charge in [0.25, 0.3) is 10.2 Å². The molecule has 1 aromatic rings. The number of hydrogen-bond donors (Lipinski definition) is 1. The second kappa shape index (κ2) is 6.71. The second-order valence-electron chi connectivity index (χ2n) is 5.27. The van der Waals surface area contributed by atoms with Crippen molar-refractivity contribution in [3.63, 3.8) is 0 Å². The molecule has 0 radical (unpaired) electrons. The summed E-state index contributed by atoms with van der Waals surface area (Å²) < 4.78 is 33.3. The molecule has 7 heteroatoms. The first kappa shape index (κ1) is 15.5. The Balaban J connectivity index is 2.01. The van der Waals surface area contributed by atoms with Crippen LogP contribution >= 0.6 is 0 Å². The Kier molecular flexibility index (Phi) is 5.20. The summed E-state index contributed by atoms with van der Waals surface area (Å²) in [6.45, 7) is 2.31. The third-order valence-corrected chi connectivity index (χ3v) is 5.55. The van der Waals surface area contributed by atoms with Crippen molar-refractivity contribution in [1.29, 1.82) is 0 Å². The van der Waals surface area contributed by atoms with Crippen molar-refractivity contribution in [3.8, 4) is 0 Å². The lowest BCUT2D eigenvalue weighted by Gasteiger charge is -2.34. The minimum Gasteiger partial charge on any atom is -0.468 e. The van der Waals surface area contributed by atoms with Gasteiger partial charge in [0.15, 0.2) is 0 Å². The molecule has 0 amide bonds. The van der Waals surface area contributed by atoms with Gasteiger partial charge in [-0.3, -0.25) is 0 Å². The highest BCUT2D eigenvalue weighted by Crippen LogP contribution is 2.21. The molecule has 0 bridgehead atoms. The van der Waals surface area contributed by atoms with Gasteiger partial charge in [-0.1, -0.05) is 0 Å². The fraction of sp³-hybridized carbons (Fsp3) is 0.692. The minimum absolute atomic E-state index is 0.266. The first-order valence-corrected chi connectivity index (χ1v) is 8.32. The van der Waals surface area contributed by atoms with E-state index < -0.39 is 10.2 Å². The van der Waals surface area contributed by atoms with Crippen LogP contribution in [0.15, 0.2) is 22.8 Å². The lowest BCUT2D eigenvalue weighted by atomic mass is 10.00. The van der Waals surface area contributed by atoms with Gasteiger partial charge in [0.05, 0.1) is 12.8 Å². The molecule has 1 aliphatic rings. The van der Waals surface area contributed by atoms with Gasteiger partial charge in [-0.25, -0.2) is 0 Å². The lowest BCUT2D eigenvalue weighted by molar-refractivity contribution is 0.246. The number of furan rings is 1. The molecule has 6 nitrogen and oxygen atoms in total. The predicted molar refractivity (Wildman–Crippen MR) is 77.3 cm³/mol. The number of rotatable bonds is 6. The molecule has 0 aliphatic carbocycles. The Morgan fingerprint density at radius 1 is 1.55 bits per heavy atom. The molecular formula is C13H23N3O3S. The van der Waals surface area contributed by atoms with Crippen LogP contribution in [0, 0.1) is 5.92 Å². The van der Waals surface area contributed by atoms with E-state index in [0.29, 0.717) is 24.8 Å². The molecule has 1 saturated heterocycles. The molecule has 1 fully saturated rings. The summed E-state index contributed by atoms with van der Waals surface area (Å²) in [5, 5.41) is 3.12. The van der Waals surface area contributed by atoms with Gasteiger partial charge in [-0.15, -0.1) is 0 Å². The van der Waals surface area contributed by atoms with E-state index >= 15 is 0 Å². The normalized spacial score (nSPS) is 21.4. The standard InChI is InChI=1S/C13H23N3O3S/c1-14-9-12-5-3-7-16(10-12)20(17,18)15(2)11-13-6-4-8-19-13/h4,6,8,12,14H,3,5,7,9-11H2,1-2H3. The third kappa shape index (κ3) is 3.60. The molecule has 0 spiro atoms. The number of piperidine rings is 1. The summed E-state index contributed by atoms with van der Waals surface area (Å²) in [7, 11) is 0.0856. The van der Waals surface area contributed by atoms with Gasteiger partial charge in [0.1, 0.15) is 5.76 Å². The molecule has 0 saturated carbocycles. The van der Waals surface area contributed by atoms with Gasteiger partial charge in [-0.2, -0.15) is 17.0 Å². The summed E-state index contributed by atoms with van der Waals surface area (Å²) in [6, 6.07) is 3.55. The highest BCUT2D eigenvalue weighted by atomic mass is 32.2. The maximum atomic E-state index is 12.6. The Hall–Kier alpha value is -0.890. The molecule has 1 aromatic heterocycles. The van der Waals surface area contributed by atoms with E-state index in [-0.39, 0.29) is 6.54 Å². The van der Waals surface area contributed by atoms with Crippen LogP contribution in [0.1, 0.15) is 18.6 Å². The first-order valence-electron chi connectivity index (χ1n) is 6.92. The maximum absolute atomic E-state index is 12.6. The van der Waals surface area contributed by atoms with Crippen LogP contribution in [-0.4, -0.2) is 50.8 Å². The van der Waals surface area contributed by atoms with Crippen LogP contribution in [0.2, 0.25) is 0 Å². The average Bonchev–Trinajstić information content (AvgIpc) is 2.92. The van der Waals surface area contributed by atoms with Crippen LogP contribution in [0.5, 0.6) is 0 Å². The highest BCUT2D eigenvalue weighted by Gasteiger charge is 2.31. The van der Waals surface area contributed by atoms with Gasteiger partial charge in [0, 0.05) is 20.1 Å². The van der Waals surface area contributed by atoms with Crippen LogP contribution in [0.25, 0.3) is 0 Å². The molecular weight excluding hydrogens is 278 g/mol. The van der Waals surface area contributed by atoms with Crippen molar-refractivity contribution in [2.45, 2.75) is 19.4 Å². The van der Waals surface area contributed by atoms with Crippen molar-refractivity contribution >= 4 is 10.2 Å². The molecule has 1 unspecified atom stereocenters. The van der Waals surface area contributed by atoms with Crippen molar-refractivity contribution in [2.75, 3.05) is 33.7 Å². The molecule has 2 heterocycles. The first-order chi connectivity index (χ1) is 9.54. The average molecular weight is 301 g/mol. The zero-order valence-corrected chi connectivity index (χ0v) is 12.9. The number of hydrogen-bond acceptors (Lipinski definition) is 4. The molecule has 114 valence electrons. The topological polar surface area (TPSA) is 65.8 Å². The summed E-state index contributed by atoms with van der Waals surface area (Å²) in [4.78, 5) is 0. The molecule has 1 N–H and O–H groups in total. The quantitative estimate of drug-likeness (QED) is 0.847. The zero-order valence-electron chi connectivity index (χ0n) is 12.1. The second-order valence-corrected chi connectivity index (χ2v) is 7.30. The smallest absolute Gasteiger partial charge is 0.282 e. The summed E-state index contributed by atoms with van der Waals surface area (Å²) in [5.41, 5.74) is 0. The molecule has 20 heavy (non-hydrogen) atoms. The van der Waals surface area contributed by atoms with Gasteiger partial charge < -0.3 is 9.73 Å². The molecule has 2 rings (SSSR count). The maximum Gasteiger partial charge on any atom is 0.282 e. The fourth-order valence-electron chi connectivity index (χ4n) is 2.59. The van der Waals surface area contributed by atoms with Crippen LogP contribution in [-0.2, 0) is 16.8 Å². The van der Waals surface area contributed by atoms with Crippen LogP contribution in [0.3, 0.4) is 0 Å². The van der Waals surface area contributed by atoms with E-state index in [4.69, 9.17) is 4.42 Å². The fourth-order valence-corrected chi connectivity index (χ4v) is 4.04. The molecule has 1 atom stereocenters. The van der Waals surface area contributed by atoms with Crippen LogP contribution < -0.4 is 5.32 Å². The van der Waals surface area contributed by atoms with E-state index in [1.165, 1.54) is 4.31 Å². The summed E-state index contributed by atoms with van der Waals surface area (Å²) in [5.74, 6) is 1.04.